The number of rotatable bonds is 11. The fourth-order valence-electron chi connectivity index (χ4n) is 4.08. The molecule has 0 aliphatic carbocycles. The van der Waals surface area contributed by atoms with Gasteiger partial charge in [0.15, 0.2) is 4.90 Å². The molecule has 1 atom stereocenters. The summed E-state index contributed by atoms with van der Waals surface area (Å²) < 4.78 is 86.2. The lowest BCUT2D eigenvalue weighted by Gasteiger charge is -2.37. The molecular weight excluding hydrogens is 571 g/mol. The number of sulfonamides is 1. The second kappa shape index (κ2) is 11.4. The van der Waals surface area contributed by atoms with Crippen LogP contribution in [0.25, 0.3) is 0 Å². The number of aryl methyl sites for hydroxylation is 1. The molecule has 228 valence electrons. The van der Waals surface area contributed by atoms with E-state index in [2.05, 4.69) is 9.84 Å². The van der Waals surface area contributed by atoms with E-state index in [1.165, 1.54) is 42.9 Å². The molecule has 0 radical (unpaired) electrons. The Morgan fingerprint density at radius 1 is 1.17 bits per heavy atom. The highest BCUT2D eigenvalue weighted by molar-refractivity contribution is 7.93. The average Bonchev–Trinajstić information content (AvgIpc) is 3.26. The van der Waals surface area contributed by atoms with E-state index in [9.17, 15) is 36.3 Å². The minimum atomic E-state index is -4.79. The Hall–Kier alpha value is -3.49. The maximum absolute atomic E-state index is 14.1. The van der Waals surface area contributed by atoms with Gasteiger partial charge in [0.1, 0.15) is 11.9 Å². The minimum Gasteiger partial charge on any atom is -0.486 e. The Kier molecular flexibility index (Phi) is 8.92. The van der Waals surface area contributed by atoms with E-state index >= 15 is 0 Å². The predicted molar refractivity (Wildman–Crippen MR) is 140 cm³/mol. The molecule has 0 amide bonds. The van der Waals surface area contributed by atoms with Gasteiger partial charge in [-0.3, -0.25) is 18.6 Å². The standard InChI is InChI=1S/C26H34F3N3O8S/c1-7-31-15-20(22(30-31)38-8-2)41(36,37)32-14-17(13-24(3,4)23(34)35)39-19-10-9-16(11-18(19)32)12-21(33)40-25(5,6)26(27,28)29/h9-11,15,17H,7-8,12-14H2,1-6H3,(H,34,35)/t17-/m1/s1. The molecule has 1 aliphatic heterocycles. The molecule has 0 saturated carbocycles. The third kappa shape index (κ3) is 6.88. The Balaban J connectivity index is 2.06. The van der Waals surface area contributed by atoms with Gasteiger partial charge in [-0.05, 0) is 59.2 Å². The zero-order valence-electron chi connectivity index (χ0n) is 23.6. The SMILES string of the molecule is CCOc1nn(CC)cc1S(=O)(=O)N1C[C@@H](CC(C)(C)C(=O)O)Oc2ccc(CC(=O)OC(C)(C)C(F)(F)F)cc21. The minimum absolute atomic E-state index is 0.0152. The maximum atomic E-state index is 14.1. The molecule has 11 nitrogen and oxygen atoms in total. The smallest absolute Gasteiger partial charge is 0.427 e. The number of hydrogen-bond acceptors (Lipinski definition) is 8. The largest absolute Gasteiger partial charge is 0.486 e. The zero-order chi connectivity index (χ0) is 31.0. The number of nitrogens with zero attached hydrogens (tertiary/aromatic N) is 3. The van der Waals surface area contributed by atoms with Crippen LogP contribution in [-0.4, -0.2) is 66.3 Å². The molecule has 3 rings (SSSR count). The number of benzene rings is 1. The lowest BCUT2D eigenvalue weighted by molar-refractivity contribution is -0.257. The molecule has 15 heteroatoms. The van der Waals surface area contributed by atoms with E-state index in [4.69, 9.17) is 9.47 Å². The summed E-state index contributed by atoms with van der Waals surface area (Å²) in [6, 6.07) is 4.10. The number of anilines is 1. The van der Waals surface area contributed by atoms with Crippen LogP contribution in [0.4, 0.5) is 18.9 Å². The van der Waals surface area contributed by atoms with Crippen LogP contribution in [0.5, 0.6) is 11.6 Å². The predicted octanol–water partition coefficient (Wildman–Crippen LogP) is 4.19. The average molecular weight is 606 g/mol. The Morgan fingerprint density at radius 3 is 2.39 bits per heavy atom. The van der Waals surface area contributed by atoms with Crippen molar-refractivity contribution in [2.75, 3.05) is 17.5 Å². The molecule has 1 N–H and O–H groups in total. The van der Waals surface area contributed by atoms with Gasteiger partial charge in [-0.2, -0.15) is 13.2 Å². The van der Waals surface area contributed by atoms with E-state index in [1.807, 2.05) is 0 Å². The van der Waals surface area contributed by atoms with Crippen LogP contribution < -0.4 is 13.8 Å². The first kappa shape index (κ1) is 32.0. The highest BCUT2D eigenvalue weighted by atomic mass is 32.2. The van der Waals surface area contributed by atoms with Crippen molar-refractivity contribution in [2.24, 2.45) is 5.41 Å². The Labute approximate surface area is 236 Å². The molecule has 0 saturated heterocycles. The molecule has 0 spiro atoms. The van der Waals surface area contributed by atoms with Gasteiger partial charge in [0.05, 0.1) is 30.7 Å². The van der Waals surface area contributed by atoms with Crippen molar-refractivity contribution >= 4 is 27.6 Å². The summed E-state index contributed by atoms with van der Waals surface area (Å²) in [4.78, 5) is 23.9. The summed E-state index contributed by atoms with van der Waals surface area (Å²) >= 11 is 0. The van der Waals surface area contributed by atoms with Crippen LogP contribution >= 0.6 is 0 Å². The maximum Gasteiger partial charge on any atom is 0.427 e. The highest BCUT2D eigenvalue weighted by Gasteiger charge is 2.51. The molecule has 0 fully saturated rings. The molecular formula is C26H34F3N3O8S. The van der Waals surface area contributed by atoms with Crippen molar-refractivity contribution in [3.63, 3.8) is 0 Å². The second-order valence-electron chi connectivity index (χ2n) is 10.7. The van der Waals surface area contributed by atoms with Crippen molar-refractivity contribution in [3.8, 4) is 11.6 Å². The van der Waals surface area contributed by atoms with Crippen LogP contribution in [0.1, 0.15) is 53.5 Å². The van der Waals surface area contributed by atoms with E-state index in [1.54, 1.807) is 13.8 Å². The summed E-state index contributed by atoms with van der Waals surface area (Å²) in [5, 5.41) is 13.8. The number of aromatic nitrogens is 2. The van der Waals surface area contributed by atoms with Gasteiger partial charge in [0, 0.05) is 19.2 Å². The first-order valence-electron chi connectivity index (χ1n) is 12.9. The molecule has 1 aromatic heterocycles. The van der Waals surface area contributed by atoms with E-state index in [0.717, 1.165) is 18.2 Å². The number of halogens is 3. The quantitative estimate of drug-likeness (QED) is 0.374. The molecule has 2 heterocycles. The van der Waals surface area contributed by atoms with Gasteiger partial charge in [0.25, 0.3) is 15.9 Å². The van der Waals surface area contributed by atoms with Gasteiger partial charge in [-0.1, -0.05) is 6.07 Å². The second-order valence-corrected chi connectivity index (χ2v) is 12.5. The Bertz CT molecular complexity index is 1400. The summed E-state index contributed by atoms with van der Waals surface area (Å²) in [5.41, 5.74) is -3.79. The molecule has 2 aromatic rings. The summed E-state index contributed by atoms with van der Waals surface area (Å²) in [6.45, 7) is 8.06. The van der Waals surface area contributed by atoms with Crippen LogP contribution in [0.15, 0.2) is 29.3 Å². The third-order valence-corrected chi connectivity index (χ3v) is 8.30. The summed E-state index contributed by atoms with van der Waals surface area (Å²) in [5.74, 6) is -2.30. The topological polar surface area (TPSA) is 137 Å². The number of hydrogen-bond donors (Lipinski definition) is 1. The molecule has 41 heavy (non-hydrogen) atoms. The fraction of sp³-hybridized carbons (Fsp3) is 0.577. The molecule has 1 aliphatic rings. The number of aliphatic carboxylic acids is 1. The summed E-state index contributed by atoms with van der Waals surface area (Å²) in [6.07, 6.45) is -4.97. The number of carboxylic acid groups (broad SMARTS) is 1. The number of fused-ring (bicyclic) bond motifs is 1. The summed E-state index contributed by atoms with van der Waals surface area (Å²) in [7, 11) is -4.39. The molecule has 0 unspecified atom stereocenters. The number of esters is 1. The van der Waals surface area contributed by atoms with E-state index < -0.39 is 51.7 Å². The van der Waals surface area contributed by atoms with Crippen molar-refractivity contribution in [2.45, 2.75) is 83.7 Å². The number of carbonyl (C=O) groups excluding carboxylic acids is 1. The van der Waals surface area contributed by atoms with Crippen molar-refractivity contribution in [3.05, 3.63) is 30.0 Å². The number of ether oxygens (including phenoxy) is 3. The van der Waals surface area contributed by atoms with Crippen LogP contribution in [-0.2, 0) is 37.3 Å². The number of carbonyl (C=O) groups is 2. The number of alkyl halides is 3. The van der Waals surface area contributed by atoms with Gasteiger partial charge in [-0.25, -0.2) is 8.42 Å². The van der Waals surface area contributed by atoms with E-state index in [0.29, 0.717) is 6.54 Å². The monoisotopic (exact) mass is 605 g/mol. The highest BCUT2D eigenvalue weighted by Crippen LogP contribution is 2.41. The van der Waals surface area contributed by atoms with Gasteiger partial charge in [-0.15, -0.1) is 5.10 Å². The van der Waals surface area contributed by atoms with Crippen LogP contribution in [0.3, 0.4) is 0 Å². The van der Waals surface area contributed by atoms with Crippen molar-refractivity contribution in [1.82, 2.24) is 9.78 Å². The van der Waals surface area contributed by atoms with Crippen LogP contribution in [0, 0.1) is 5.41 Å². The third-order valence-electron chi connectivity index (χ3n) is 6.54. The van der Waals surface area contributed by atoms with Gasteiger partial charge < -0.3 is 19.3 Å². The lowest BCUT2D eigenvalue weighted by atomic mass is 9.86. The van der Waals surface area contributed by atoms with Crippen molar-refractivity contribution in [1.29, 1.82) is 0 Å². The first-order valence-corrected chi connectivity index (χ1v) is 14.3. The van der Waals surface area contributed by atoms with Gasteiger partial charge >= 0.3 is 18.1 Å². The van der Waals surface area contributed by atoms with Gasteiger partial charge in [0.2, 0.25) is 5.60 Å². The normalized spacial score (nSPS) is 16.1. The zero-order valence-corrected chi connectivity index (χ0v) is 24.4. The molecule has 0 bridgehead atoms. The van der Waals surface area contributed by atoms with E-state index in [-0.39, 0.29) is 47.3 Å². The van der Waals surface area contributed by atoms with Crippen LogP contribution in [0.2, 0.25) is 0 Å². The first-order chi connectivity index (χ1) is 18.8. The molecule has 1 aromatic carbocycles. The Morgan fingerprint density at radius 2 is 1.83 bits per heavy atom. The van der Waals surface area contributed by atoms with Crippen molar-refractivity contribution < 1.29 is 50.5 Å². The fourth-order valence-corrected chi connectivity index (χ4v) is 5.66. The lowest BCUT2D eigenvalue weighted by Crippen LogP contribution is -2.46. The number of carboxylic acids is 1.